The van der Waals surface area contributed by atoms with Crippen LogP contribution < -0.4 is 10.2 Å². The van der Waals surface area contributed by atoms with Crippen LogP contribution in [0.15, 0.2) is 41.5 Å². The molecule has 0 saturated carbocycles. The van der Waals surface area contributed by atoms with Gasteiger partial charge in [-0.3, -0.25) is 4.79 Å². The number of carbonyl (C=O) groups is 1. The van der Waals surface area contributed by atoms with E-state index in [1.165, 1.54) is 6.21 Å². The molecule has 2 rings (SSSR count). The van der Waals surface area contributed by atoms with Gasteiger partial charge in [-0.2, -0.15) is 5.10 Å². The first-order valence-electron chi connectivity index (χ1n) is 7.30. The van der Waals surface area contributed by atoms with E-state index in [0.717, 1.165) is 0 Å². The van der Waals surface area contributed by atoms with Crippen LogP contribution in [0.1, 0.15) is 18.4 Å². The van der Waals surface area contributed by atoms with E-state index in [1.54, 1.807) is 36.4 Å². The number of ether oxygens (including phenoxy) is 1. The van der Waals surface area contributed by atoms with Gasteiger partial charge < -0.3 is 4.74 Å². The summed E-state index contributed by atoms with van der Waals surface area (Å²) in [6.45, 7) is 0.349. The summed E-state index contributed by atoms with van der Waals surface area (Å²) in [6, 6.07) is 9.98. The van der Waals surface area contributed by atoms with E-state index in [4.69, 9.17) is 51.1 Å². The van der Waals surface area contributed by atoms with Crippen LogP contribution in [0.4, 0.5) is 0 Å². The van der Waals surface area contributed by atoms with Crippen molar-refractivity contribution in [1.82, 2.24) is 5.43 Å². The number of hydrogen-bond acceptors (Lipinski definition) is 3. The summed E-state index contributed by atoms with van der Waals surface area (Å²) < 4.78 is 5.50. The molecule has 8 heteroatoms. The Hall–Kier alpha value is -1.46. The monoisotopic (exact) mass is 418 g/mol. The zero-order chi connectivity index (χ0) is 18.2. The molecular weight excluding hydrogens is 406 g/mol. The lowest BCUT2D eigenvalue weighted by atomic mass is 10.2. The van der Waals surface area contributed by atoms with Crippen molar-refractivity contribution in [3.63, 3.8) is 0 Å². The minimum absolute atomic E-state index is 0.230. The number of halogens is 4. The Balaban J connectivity index is 1.71. The van der Waals surface area contributed by atoms with Gasteiger partial charge >= 0.3 is 0 Å². The minimum atomic E-state index is -0.230. The average Bonchev–Trinajstić information content (AvgIpc) is 2.55. The molecule has 0 aliphatic heterocycles. The van der Waals surface area contributed by atoms with Gasteiger partial charge in [-0.15, -0.1) is 0 Å². The van der Waals surface area contributed by atoms with Crippen LogP contribution in [-0.2, 0) is 4.79 Å². The minimum Gasteiger partial charge on any atom is -0.492 e. The number of nitrogens with zero attached hydrogens (tertiary/aromatic N) is 1. The van der Waals surface area contributed by atoms with Crippen LogP contribution in [0.2, 0.25) is 20.1 Å². The van der Waals surface area contributed by atoms with E-state index in [1.807, 2.05) is 0 Å². The van der Waals surface area contributed by atoms with Gasteiger partial charge in [0, 0.05) is 22.0 Å². The van der Waals surface area contributed by atoms with E-state index >= 15 is 0 Å². The Labute approximate surface area is 165 Å². The molecule has 0 aliphatic rings. The summed E-state index contributed by atoms with van der Waals surface area (Å²) in [5.41, 5.74) is 3.09. The number of nitrogens with one attached hydrogen (secondary N) is 1. The van der Waals surface area contributed by atoms with E-state index in [2.05, 4.69) is 10.5 Å². The number of hydrazone groups is 1. The fourth-order valence-corrected chi connectivity index (χ4v) is 2.76. The molecule has 0 heterocycles. The molecule has 132 valence electrons. The SMILES string of the molecule is O=C(CCCOc1ccc(Cl)cc1Cl)N/N=C/c1ccc(Cl)cc1Cl. The standard InChI is InChI=1S/C17H14Cl4N2O2/c18-12-4-3-11(14(20)8-12)10-22-23-17(24)2-1-7-25-16-6-5-13(19)9-15(16)21/h3-6,8-10H,1-2,7H2,(H,23,24)/b22-10+. The normalized spacial score (nSPS) is 10.9. The van der Waals surface area contributed by atoms with Gasteiger partial charge in [0.05, 0.1) is 22.9 Å². The fourth-order valence-electron chi connectivity index (χ4n) is 1.84. The van der Waals surface area contributed by atoms with Crippen molar-refractivity contribution >= 4 is 58.5 Å². The molecule has 1 N–H and O–H groups in total. The van der Waals surface area contributed by atoms with Gasteiger partial charge in [0.2, 0.25) is 5.91 Å². The van der Waals surface area contributed by atoms with Crippen molar-refractivity contribution in [2.24, 2.45) is 5.10 Å². The van der Waals surface area contributed by atoms with Crippen LogP contribution in [-0.4, -0.2) is 18.7 Å². The average molecular weight is 420 g/mol. The quantitative estimate of drug-likeness (QED) is 0.360. The Morgan fingerprint density at radius 1 is 1.04 bits per heavy atom. The summed E-state index contributed by atoms with van der Waals surface area (Å²) in [6.07, 6.45) is 2.24. The summed E-state index contributed by atoms with van der Waals surface area (Å²) >= 11 is 23.6. The Morgan fingerprint density at radius 2 is 1.72 bits per heavy atom. The van der Waals surface area contributed by atoms with Crippen molar-refractivity contribution in [2.45, 2.75) is 12.8 Å². The highest BCUT2D eigenvalue weighted by atomic mass is 35.5. The van der Waals surface area contributed by atoms with Crippen molar-refractivity contribution < 1.29 is 9.53 Å². The molecule has 0 aromatic heterocycles. The maximum atomic E-state index is 11.7. The number of rotatable bonds is 7. The van der Waals surface area contributed by atoms with Gasteiger partial charge in [0.15, 0.2) is 0 Å². The van der Waals surface area contributed by atoms with Crippen LogP contribution in [0, 0.1) is 0 Å². The molecule has 0 unspecified atom stereocenters. The first kappa shape index (κ1) is 19.9. The summed E-state index contributed by atoms with van der Waals surface area (Å²) in [4.78, 5) is 11.7. The number of benzene rings is 2. The number of hydrogen-bond donors (Lipinski definition) is 1. The molecule has 1 amide bonds. The predicted molar refractivity (Wildman–Crippen MR) is 103 cm³/mol. The molecule has 2 aromatic carbocycles. The molecule has 2 aromatic rings. The lowest BCUT2D eigenvalue weighted by Gasteiger charge is -2.07. The van der Waals surface area contributed by atoms with Gasteiger partial charge in [0.1, 0.15) is 5.75 Å². The third-order valence-electron chi connectivity index (χ3n) is 3.06. The van der Waals surface area contributed by atoms with Crippen molar-refractivity contribution in [3.8, 4) is 5.75 Å². The van der Waals surface area contributed by atoms with Gasteiger partial charge in [-0.1, -0.05) is 52.5 Å². The summed E-state index contributed by atoms with van der Waals surface area (Å²) in [5.74, 6) is 0.300. The Morgan fingerprint density at radius 3 is 2.40 bits per heavy atom. The topological polar surface area (TPSA) is 50.7 Å². The third kappa shape index (κ3) is 6.75. The number of carbonyl (C=O) groups excluding carboxylic acids is 1. The first-order chi connectivity index (χ1) is 12.0. The van der Waals surface area contributed by atoms with Crippen LogP contribution in [0.25, 0.3) is 0 Å². The summed E-state index contributed by atoms with van der Waals surface area (Å²) in [5, 5.41) is 5.82. The smallest absolute Gasteiger partial charge is 0.240 e. The second-order valence-corrected chi connectivity index (χ2v) is 6.67. The van der Waals surface area contributed by atoms with Crippen molar-refractivity contribution in [2.75, 3.05) is 6.61 Å². The maximum Gasteiger partial charge on any atom is 0.240 e. The van der Waals surface area contributed by atoms with E-state index in [-0.39, 0.29) is 12.3 Å². The highest BCUT2D eigenvalue weighted by Crippen LogP contribution is 2.27. The highest BCUT2D eigenvalue weighted by Gasteiger charge is 2.04. The molecule has 25 heavy (non-hydrogen) atoms. The maximum absolute atomic E-state index is 11.7. The second kappa shape index (κ2) is 9.88. The molecule has 0 spiro atoms. The predicted octanol–water partition coefficient (Wildman–Crippen LogP) is 5.61. The van der Waals surface area contributed by atoms with E-state index in [0.29, 0.717) is 44.4 Å². The van der Waals surface area contributed by atoms with E-state index in [9.17, 15) is 4.79 Å². The molecule has 0 atom stereocenters. The van der Waals surface area contributed by atoms with Gasteiger partial charge in [-0.25, -0.2) is 5.43 Å². The molecular formula is C17H14Cl4N2O2. The fraction of sp³-hybridized carbons (Fsp3) is 0.176. The lowest BCUT2D eigenvalue weighted by molar-refractivity contribution is -0.121. The zero-order valence-electron chi connectivity index (χ0n) is 12.9. The zero-order valence-corrected chi connectivity index (χ0v) is 16.0. The molecule has 0 bridgehead atoms. The summed E-state index contributed by atoms with van der Waals surface area (Å²) in [7, 11) is 0. The Bertz CT molecular complexity index is 781. The highest BCUT2D eigenvalue weighted by molar-refractivity contribution is 6.36. The van der Waals surface area contributed by atoms with Crippen molar-refractivity contribution in [3.05, 3.63) is 62.1 Å². The molecule has 0 saturated heterocycles. The van der Waals surface area contributed by atoms with Crippen LogP contribution >= 0.6 is 46.4 Å². The van der Waals surface area contributed by atoms with Gasteiger partial charge in [0.25, 0.3) is 0 Å². The van der Waals surface area contributed by atoms with Crippen LogP contribution in [0.3, 0.4) is 0 Å². The molecule has 4 nitrogen and oxygen atoms in total. The molecule has 0 fully saturated rings. The molecule has 0 aliphatic carbocycles. The molecule has 0 radical (unpaired) electrons. The first-order valence-corrected chi connectivity index (χ1v) is 8.81. The number of amides is 1. The third-order valence-corrected chi connectivity index (χ3v) is 4.15. The second-order valence-electron chi connectivity index (χ2n) is 4.99. The van der Waals surface area contributed by atoms with Crippen molar-refractivity contribution in [1.29, 1.82) is 0 Å². The van der Waals surface area contributed by atoms with E-state index < -0.39 is 0 Å². The lowest BCUT2D eigenvalue weighted by Crippen LogP contribution is -2.18. The van der Waals surface area contributed by atoms with Crippen LogP contribution in [0.5, 0.6) is 5.75 Å². The Kier molecular flexibility index (Phi) is 7.85. The van der Waals surface area contributed by atoms with Gasteiger partial charge in [-0.05, 0) is 36.8 Å². The largest absolute Gasteiger partial charge is 0.492 e.